The third-order valence-corrected chi connectivity index (χ3v) is 10.9. The van der Waals surface area contributed by atoms with Gasteiger partial charge in [-0.2, -0.15) is 0 Å². The van der Waals surface area contributed by atoms with E-state index in [2.05, 4.69) is 77.4 Å². The molecule has 0 bridgehead atoms. The number of likely N-dealkylation sites (tertiary alicyclic amines) is 2. The zero-order valence-electron chi connectivity index (χ0n) is 26.5. The lowest BCUT2D eigenvalue weighted by Crippen LogP contribution is -2.48. The topological polar surface area (TPSA) is 60.9 Å². The third kappa shape index (κ3) is 8.80. The Hall–Kier alpha value is -3.00. The Morgan fingerprint density at radius 2 is 1.43 bits per heavy atom. The maximum atomic E-state index is 13.3. The van der Waals surface area contributed by atoms with Crippen LogP contribution < -0.4 is 0 Å². The van der Waals surface area contributed by atoms with E-state index in [1.54, 1.807) is 24.3 Å². The molecular formula is C37H49N3O3S. The van der Waals surface area contributed by atoms with E-state index in [0.717, 1.165) is 63.5 Å². The van der Waals surface area contributed by atoms with E-state index in [0.29, 0.717) is 19.0 Å². The fraction of sp³-hybridized carbons (Fsp3) is 0.486. The van der Waals surface area contributed by atoms with Crippen LogP contribution in [0.2, 0.25) is 0 Å². The van der Waals surface area contributed by atoms with E-state index in [1.807, 2.05) is 4.90 Å². The second-order valence-corrected chi connectivity index (χ2v) is 14.7. The van der Waals surface area contributed by atoms with Gasteiger partial charge in [-0.3, -0.25) is 9.69 Å². The quantitative estimate of drug-likeness (QED) is 0.249. The molecule has 2 fully saturated rings. The summed E-state index contributed by atoms with van der Waals surface area (Å²) in [7, 11) is -3.24. The second-order valence-electron chi connectivity index (χ2n) is 12.7. The van der Waals surface area contributed by atoms with Crippen molar-refractivity contribution < 1.29 is 13.2 Å². The molecule has 1 atom stereocenters. The lowest BCUT2D eigenvalue weighted by Gasteiger charge is -2.41. The van der Waals surface area contributed by atoms with E-state index in [4.69, 9.17) is 0 Å². The minimum absolute atomic E-state index is 0.123. The van der Waals surface area contributed by atoms with Crippen molar-refractivity contribution in [2.24, 2.45) is 5.92 Å². The van der Waals surface area contributed by atoms with Crippen molar-refractivity contribution in [3.8, 4) is 0 Å². The fourth-order valence-electron chi connectivity index (χ4n) is 7.18. The molecule has 2 saturated heterocycles. The summed E-state index contributed by atoms with van der Waals surface area (Å²) in [6.45, 7) is 8.17. The highest BCUT2D eigenvalue weighted by molar-refractivity contribution is 7.90. The van der Waals surface area contributed by atoms with Gasteiger partial charge in [0, 0.05) is 38.0 Å². The number of amides is 1. The zero-order valence-corrected chi connectivity index (χ0v) is 27.3. The predicted octanol–water partition coefficient (Wildman–Crippen LogP) is 6.03. The Bertz CT molecular complexity index is 1410. The molecule has 2 heterocycles. The minimum Gasteiger partial charge on any atom is -0.340 e. The van der Waals surface area contributed by atoms with Gasteiger partial charge in [0.1, 0.15) is 0 Å². The van der Waals surface area contributed by atoms with Gasteiger partial charge in [0.2, 0.25) is 5.91 Å². The molecule has 0 aromatic heterocycles. The number of rotatable bonds is 12. The van der Waals surface area contributed by atoms with Gasteiger partial charge in [-0.25, -0.2) is 8.42 Å². The van der Waals surface area contributed by atoms with Crippen molar-refractivity contribution in [3.63, 3.8) is 0 Å². The van der Waals surface area contributed by atoms with Crippen molar-refractivity contribution >= 4 is 15.7 Å². The van der Waals surface area contributed by atoms with E-state index in [-0.39, 0.29) is 16.8 Å². The van der Waals surface area contributed by atoms with Crippen molar-refractivity contribution in [1.82, 2.24) is 14.7 Å². The molecule has 1 amide bonds. The predicted molar refractivity (Wildman–Crippen MR) is 178 cm³/mol. The first-order valence-corrected chi connectivity index (χ1v) is 18.3. The number of hydrogen-bond acceptors (Lipinski definition) is 5. The van der Waals surface area contributed by atoms with E-state index < -0.39 is 9.84 Å². The first-order valence-electron chi connectivity index (χ1n) is 16.4. The molecule has 0 radical (unpaired) electrons. The van der Waals surface area contributed by atoms with Crippen molar-refractivity contribution in [3.05, 3.63) is 102 Å². The highest BCUT2D eigenvalue weighted by atomic mass is 32.2. The first-order chi connectivity index (χ1) is 21.3. The van der Waals surface area contributed by atoms with Crippen molar-refractivity contribution in [1.29, 1.82) is 0 Å². The Labute approximate surface area is 265 Å². The summed E-state index contributed by atoms with van der Waals surface area (Å²) in [5.74, 6) is 0.887. The monoisotopic (exact) mass is 615 g/mol. The van der Waals surface area contributed by atoms with Gasteiger partial charge in [-0.15, -0.1) is 0 Å². The highest BCUT2D eigenvalue weighted by Crippen LogP contribution is 2.31. The molecule has 0 saturated carbocycles. The molecule has 44 heavy (non-hydrogen) atoms. The summed E-state index contributed by atoms with van der Waals surface area (Å²) in [4.78, 5) is 20.9. The number of hydrogen-bond donors (Lipinski definition) is 0. The van der Waals surface area contributed by atoms with Crippen LogP contribution >= 0.6 is 0 Å². The molecule has 0 spiro atoms. The van der Waals surface area contributed by atoms with Gasteiger partial charge in [0.25, 0.3) is 0 Å². The van der Waals surface area contributed by atoms with Gasteiger partial charge < -0.3 is 9.80 Å². The zero-order chi connectivity index (χ0) is 30.9. The standard InChI is InChI=1S/C37H49N3O3S/c1-3-40(37(41)29-31-14-16-35(17-15-31)44(2,42)43)34-20-23-38(24-21-34)25-22-36(33-12-8-5-9-13-33)39-26-18-32(19-27-39)28-30-10-6-4-7-11-30/h4-17,32,34,36H,3,18-29H2,1-2H3. The molecule has 3 aromatic carbocycles. The molecule has 1 unspecified atom stereocenters. The second kappa shape index (κ2) is 15.3. The summed E-state index contributed by atoms with van der Waals surface area (Å²) < 4.78 is 23.6. The number of sulfone groups is 1. The van der Waals surface area contributed by atoms with Gasteiger partial charge in [-0.1, -0.05) is 72.8 Å². The summed E-state index contributed by atoms with van der Waals surface area (Å²) in [5, 5.41) is 0. The minimum atomic E-state index is -3.24. The van der Waals surface area contributed by atoms with Crippen LogP contribution in [0.15, 0.2) is 89.8 Å². The molecule has 5 rings (SSSR count). The summed E-state index contributed by atoms with van der Waals surface area (Å²) in [6.07, 6.45) is 8.32. The van der Waals surface area contributed by atoms with Crippen LogP contribution in [0.5, 0.6) is 0 Å². The summed E-state index contributed by atoms with van der Waals surface area (Å²) in [6, 6.07) is 29.4. The average molecular weight is 616 g/mol. The molecule has 236 valence electrons. The van der Waals surface area contributed by atoms with Crippen LogP contribution in [0, 0.1) is 5.92 Å². The third-order valence-electron chi connectivity index (χ3n) is 9.73. The number of nitrogens with zero attached hydrogens (tertiary/aromatic N) is 3. The molecule has 2 aliphatic rings. The fourth-order valence-corrected chi connectivity index (χ4v) is 7.81. The van der Waals surface area contributed by atoms with Gasteiger partial charge >= 0.3 is 0 Å². The molecule has 6 nitrogen and oxygen atoms in total. The molecular weight excluding hydrogens is 566 g/mol. The molecule has 2 aliphatic heterocycles. The maximum Gasteiger partial charge on any atom is 0.227 e. The van der Waals surface area contributed by atoms with Crippen LogP contribution in [-0.4, -0.2) is 80.6 Å². The SMILES string of the molecule is CCN(C(=O)Cc1ccc(S(C)(=O)=O)cc1)C1CCN(CCC(c2ccccc2)N2CCC(Cc3ccccc3)CC2)CC1. The molecule has 3 aromatic rings. The molecule has 0 N–H and O–H groups in total. The average Bonchev–Trinajstić information content (AvgIpc) is 3.04. The van der Waals surface area contributed by atoms with Crippen LogP contribution in [0.25, 0.3) is 0 Å². The number of likely N-dealkylation sites (N-methyl/N-ethyl adjacent to an activating group) is 1. The smallest absolute Gasteiger partial charge is 0.227 e. The van der Waals surface area contributed by atoms with E-state index >= 15 is 0 Å². The number of carbonyl (C=O) groups excluding carboxylic acids is 1. The van der Waals surface area contributed by atoms with Crippen molar-refractivity contribution in [2.75, 3.05) is 45.5 Å². The Balaban J connectivity index is 1.12. The Morgan fingerprint density at radius 3 is 2.02 bits per heavy atom. The molecule has 0 aliphatic carbocycles. The van der Waals surface area contributed by atoms with Gasteiger partial charge in [0.15, 0.2) is 9.84 Å². The Kier molecular flexibility index (Phi) is 11.3. The summed E-state index contributed by atoms with van der Waals surface area (Å²) >= 11 is 0. The normalized spacial score (nSPS) is 18.2. The first kappa shape index (κ1) is 32.4. The lowest BCUT2D eigenvalue weighted by molar-refractivity contribution is -0.133. The number of piperidine rings is 2. The largest absolute Gasteiger partial charge is 0.340 e. The van der Waals surface area contributed by atoms with Crippen LogP contribution in [-0.2, 0) is 27.5 Å². The summed E-state index contributed by atoms with van der Waals surface area (Å²) in [5.41, 5.74) is 3.74. The maximum absolute atomic E-state index is 13.3. The van der Waals surface area contributed by atoms with Crippen LogP contribution in [0.3, 0.4) is 0 Å². The lowest BCUT2D eigenvalue weighted by atomic mass is 9.88. The van der Waals surface area contributed by atoms with Gasteiger partial charge in [-0.05, 0) is 99.8 Å². The Morgan fingerprint density at radius 1 is 0.818 bits per heavy atom. The number of benzene rings is 3. The van der Waals surface area contributed by atoms with Crippen molar-refractivity contribution in [2.45, 2.75) is 68.8 Å². The van der Waals surface area contributed by atoms with E-state index in [9.17, 15) is 13.2 Å². The van der Waals surface area contributed by atoms with Gasteiger partial charge in [0.05, 0.1) is 11.3 Å². The highest BCUT2D eigenvalue weighted by Gasteiger charge is 2.30. The van der Waals surface area contributed by atoms with E-state index in [1.165, 1.54) is 36.6 Å². The molecule has 7 heteroatoms. The number of carbonyl (C=O) groups is 1. The van der Waals surface area contributed by atoms with Crippen LogP contribution in [0.4, 0.5) is 0 Å². The van der Waals surface area contributed by atoms with Crippen LogP contribution in [0.1, 0.15) is 61.8 Å².